The lowest BCUT2D eigenvalue weighted by atomic mass is 10.2. The van der Waals surface area contributed by atoms with Crippen LogP contribution >= 0.6 is 11.3 Å². The van der Waals surface area contributed by atoms with Gasteiger partial charge in [-0.1, -0.05) is 11.3 Å². The molecule has 0 fully saturated rings. The Morgan fingerprint density at radius 1 is 1.10 bits per heavy atom. The van der Waals surface area contributed by atoms with Crippen LogP contribution in [0.25, 0.3) is 0 Å². The molecule has 2 aromatic carbocycles. The highest BCUT2D eigenvalue weighted by Gasteiger charge is 2.22. The van der Waals surface area contributed by atoms with E-state index in [2.05, 4.69) is 10.3 Å². The number of nitrogens with zero attached hydrogens (tertiary/aromatic N) is 2. The van der Waals surface area contributed by atoms with Crippen molar-refractivity contribution in [2.75, 3.05) is 5.32 Å². The molecular formula is C18H13N3O7S2. The van der Waals surface area contributed by atoms with Crippen LogP contribution in [-0.4, -0.2) is 30.2 Å². The second kappa shape index (κ2) is 8.39. The normalized spacial score (nSPS) is 11.0. The summed E-state index contributed by atoms with van der Waals surface area (Å²) in [6.45, 7) is 1.26. The van der Waals surface area contributed by atoms with Gasteiger partial charge in [0.2, 0.25) is 9.84 Å². The molecule has 0 aliphatic heterocycles. The summed E-state index contributed by atoms with van der Waals surface area (Å²) < 4.78 is 30.1. The third kappa shape index (κ3) is 4.67. The van der Waals surface area contributed by atoms with E-state index >= 15 is 0 Å². The number of carbonyl (C=O) groups excluding carboxylic acids is 2. The molecule has 0 saturated carbocycles. The maximum atomic E-state index is 12.7. The molecule has 12 heteroatoms. The Labute approximate surface area is 174 Å². The summed E-state index contributed by atoms with van der Waals surface area (Å²) in [6.07, 6.45) is 1.10. The van der Waals surface area contributed by atoms with Gasteiger partial charge in [0.05, 0.1) is 16.0 Å². The number of amides is 1. The fourth-order valence-corrected chi connectivity index (χ4v) is 4.74. The number of sulfone groups is 1. The number of thiazole rings is 1. The molecule has 154 valence electrons. The van der Waals surface area contributed by atoms with E-state index in [1.54, 1.807) is 0 Å². The number of non-ortho nitro benzene ring substituents is 1. The summed E-state index contributed by atoms with van der Waals surface area (Å²) in [6, 6.07) is 10.2. The first-order valence-electron chi connectivity index (χ1n) is 8.22. The smallest absolute Gasteiger partial charge is 0.308 e. The molecule has 1 amide bonds. The zero-order valence-electron chi connectivity index (χ0n) is 15.3. The fourth-order valence-electron chi connectivity index (χ4n) is 2.31. The first-order valence-corrected chi connectivity index (χ1v) is 10.5. The van der Waals surface area contributed by atoms with Crippen LogP contribution in [0.3, 0.4) is 0 Å². The molecular weight excluding hydrogens is 434 g/mol. The minimum atomic E-state index is -3.94. The number of anilines is 1. The number of carbonyl (C=O) groups is 2. The van der Waals surface area contributed by atoms with E-state index in [0.717, 1.165) is 41.8 Å². The van der Waals surface area contributed by atoms with Crippen LogP contribution < -0.4 is 10.1 Å². The molecule has 0 aliphatic rings. The number of nitro benzene ring substituents is 1. The van der Waals surface area contributed by atoms with E-state index in [1.807, 2.05) is 0 Å². The van der Waals surface area contributed by atoms with Crippen molar-refractivity contribution >= 4 is 43.9 Å². The highest BCUT2D eigenvalue weighted by Crippen LogP contribution is 2.29. The molecule has 3 rings (SSSR count). The molecule has 1 N–H and O–H groups in total. The minimum Gasteiger partial charge on any atom is -0.427 e. The highest BCUT2D eigenvalue weighted by atomic mass is 32.2. The number of rotatable bonds is 6. The molecule has 0 bridgehead atoms. The summed E-state index contributed by atoms with van der Waals surface area (Å²) in [4.78, 5) is 37.1. The van der Waals surface area contributed by atoms with E-state index in [4.69, 9.17) is 4.74 Å². The summed E-state index contributed by atoms with van der Waals surface area (Å²) in [5.74, 6) is -0.737. The lowest BCUT2D eigenvalue weighted by molar-refractivity contribution is -0.384. The van der Waals surface area contributed by atoms with E-state index in [1.165, 1.54) is 31.2 Å². The number of aromatic nitrogens is 1. The first-order chi connectivity index (χ1) is 14.2. The third-order valence-corrected chi connectivity index (χ3v) is 6.85. The van der Waals surface area contributed by atoms with Gasteiger partial charge in [0.1, 0.15) is 9.96 Å². The van der Waals surface area contributed by atoms with Crippen molar-refractivity contribution < 1.29 is 27.7 Å². The van der Waals surface area contributed by atoms with Gasteiger partial charge in [-0.25, -0.2) is 13.4 Å². The van der Waals surface area contributed by atoms with Crippen LogP contribution in [0, 0.1) is 10.1 Å². The summed E-state index contributed by atoms with van der Waals surface area (Å²) in [5, 5.41) is 13.3. The van der Waals surface area contributed by atoms with Gasteiger partial charge in [-0.3, -0.25) is 25.0 Å². The Balaban J connectivity index is 1.74. The van der Waals surface area contributed by atoms with Crippen LogP contribution in [-0.2, 0) is 14.6 Å². The predicted molar refractivity (Wildman–Crippen MR) is 106 cm³/mol. The van der Waals surface area contributed by atoms with E-state index in [0.29, 0.717) is 0 Å². The molecule has 10 nitrogen and oxygen atoms in total. The van der Waals surface area contributed by atoms with Crippen LogP contribution in [0.5, 0.6) is 5.75 Å². The van der Waals surface area contributed by atoms with Gasteiger partial charge in [-0.2, -0.15) is 0 Å². The molecule has 30 heavy (non-hydrogen) atoms. The molecule has 0 atom stereocenters. The topological polar surface area (TPSA) is 146 Å². The largest absolute Gasteiger partial charge is 0.427 e. The molecule has 3 aromatic rings. The Bertz CT molecular complexity index is 1220. The Morgan fingerprint density at radius 2 is 1.73 bits per heavy atom. The number of hydrogen-bond donors (Lipinski definition) is 1. The van der Waals surface area contributed by atoms with Crippen LogP contribution in [0.1, 0.15) is 17.3 Å². The first kappa shape index (κ1) is 21.1. The number of nitrogens with one attached hydrogen (secondary N) is 1. The van der Waals surface area contributed by atoms with Gasteiger partial charge in [0, 0.05) is 24.6 Å². The van der Waals surface area contributed by atoms with Crippen molar-refractivity contribution in [3.63, 3.8) is 0 Å². The monoisotopic (exact) mass is 447 g/mol. The number of nitro groups is 1. The van der Waals surface area contributed by atoms with Crippen molar-refractivity contribution in [2.24, 2.45) is 0 Å². The van der Waals surface area contributed by atoms with E-state index in [-0.39, 0.29) is 31.2 Å². The lowest BCUT2D eigenvalue weighted by Crippen LogP contribution is -2.11. The fraction of sp³-hybridized carbons (Fsp3) is 0.0556. The quantitative estimate of drug-likeness (QED) is 0.263. The van der Waals surface area contributed by atoms with Crippen LogP contribution in [0.4, 0.5) is 10.8 Å². The molecule has 1 aromatic heterocycles. The molecule has 0 aliphatic carbocycles. The van der Waals surface area contributed by atoms with Gasteiger partial charge in [0.25, 0.3) is 11.6 Å². The minimum absolute atomic E-state index is 0.0598. The van der Waals surface area contributed by atoms with Crippen LogP contribution in [0.15, 0.2) is 63.8 Å². The Hall–Kier alpha value is -3.64. The predicted octanol–water partition coefficient (Wildman–Crippen LogP) is 3.06. The second-order valence-electron chi connectivity index (χ2n) is 5.81. The standard InChI is InChI=1S/C18H13N3O7S2/c1-11(22)28-14-6-2-12(3-7-14)17(23)20-18-19-10-16(29-18)30(26,27)15-8-4-13(5-9-15)21(24)25/h2-10H,1H3,(H,19,20,23). The molecule has 0 unspecified atom stereocenters. The van der Waals surface area contributed by atoms with Gasteiger partial charge < -0.3 is 4.74 Å². The van der Waals surface area contributed by atoms with Crippen molar-refractivity contribution in [2.45, 2.75) is 16.0 Å². The summed E-state index contributed by atoms with van der Waals surface area (Å²) in [7, 11) is -3.94. The van der Waals surface area contributed by atoms with Crippen molar-refractivity contribution in [3.8, 4) is 5.75 Å². The zero-order chi connectivity index (χ0) is 21.9. The highest BCUT2D eigenvalue weighted by molar-refractivity contribution is 7.93. The second-order valence-corrected chi connectivity index (χ2v) is 9.02. The van der Waals surface area contributed by atoms with Crippen LogP contribution in [0.2, 0.25) is 0 Å². The van der Waals surface area contributed by atoms with Gasteiger partial charge in [-0.15, -0.1) is 0 Å². The summed E-state index contributed by atoms with van der Waals surface area (Å²) in [5.41, 5.74) is 0.0202. The maximum Gasteiger partial charge on any atom is 0.308 e. The zero-order valence-corrected chi connectivity index (χ0v) is 16.9. The summed E-state index contributed by atoms with van der Waals surface area (Å²) >= 11 is 0.745. The molecule has 0 spiro atoms. The van der Waals surface area contributed by atoms with Gasteiger partial charge in [-0.05, 0) is 36.4 Å². The lowest BCUT2D eigenvalue weighted by Gasteiger charge is -2.04. The number of benzene rings is 2. The average molecular weight is 447 g/mol. The number of ether oxygens (including phenoxy) is 1. The van der Waals surface area contributed by atoms with Crippen molar-refractivity contribution in [1.29, 1.82) is 0 Å². The number of esters is 1. The Morgan fingerprint density at radius 3 is 2.30 bits per heavy atom. The molecule has 0 saturated heterocycles. The van der Waals surface area contributed by atoms with E-state index in [9.17, 15) is 28.1 Å². The third-order valence-electron chi connectivity index (χ3n) is 3.71. The maximum absolute atomic E-state index is 12.7. The van der Waals surface area contributed by atoms with Crippen molar-refractivity contribution in [3.05, 3.63) is 70.4 Å². The van der Waals surface area contributed by atoms with Gasteiger partial charge >= 0.3 is 5.97 Å². The average Bonchev–Trinajstić information content (AvgIpc) is 3.17. The van der Waals surface area contributed by atoms with Crippen molar-refractivity contribution in [1.82, 2.24) is 4.98 Å². The SMILES string of the molecule is CC(=O)Oc1ccc(C(=O)Nc2ncc(S(=O)(=O)c3ccc([N+](=O)[O-])cc3)s2)cc1. The van der Waals surface area contributed by atoms with Gasteiger partial charge in [0.15, 0.2) is 5.13 Å². The molecule has 1 heterocycles. The molecule has 0 radical (unpaired) electrons. The van der Waals surface area contributed by atoms with E-state index < -0.39 is 26.6 Å². The Kier molecular flexibility index (Phi) is 5.89. The number of hydrogen-bond acceptors (Lipinski definition) is 9.